The molecule has 0 radical (unpaired) electrons. The topological polar surface area (TPSA) is 81.8 Å². The minimum Gasteiger partial charge on any atom is -0.352 e. The van der Waals surface area contributed by atoms with E-state index < -0.39 is 0 Å². The van der Waals surface area contributed by atoms with Crippen molar-refractivity contribution in [2.24, 2.45) is 0 Å². The number of amides is 3. The molecule has 1 aromatic rings. The Morgan fingerprint density at radius 2 is 1.72 bits per heavy atom. The summed E-state index contributed by atoms with van der Waals surface area (Å²) in [6, 6.07) is 7.09. The summed E-state index contributed by atoms with van der Waals surface area (Å²) in [6.45, 7) is 9.29. The van der Waals surface area contributed by atoms with Crippen molar-refractivity contribution in [2.45, 2.75) is 39.2 Å². The van der Waals surface area contributed by atoms with Crippen molar-refractivity contribution in [3.8, 4) is 0 Å². The van der Waals surface area contributed by atoms with Crippen LogP contribution in [-0.2, 0) is 9.59 Å². The Labute approximate surface area is 181 Å². The number of nitrogens with zero attached hydrogens (tertiary/aromatic N) is 2. The first-order chi connectivity index (χ1) is 13.6. The smallest absolute Gasteiger partial charge is 0.251 e. The number of halogens is 1. The van der Waals surface area contributed by atoms with E-state index in [9.17, 15) is 14.4 Å². The average Bonchev–Trinajstić information content (AvgIpc) is 2.86. The van der Waals surface area contributed by atoms with Crippen LogP contribution >= 0.6 is 15.9 Å². The van der Waals surface area contributed by atoms with Crippen molar-refractivity contribution in [1.82, 2.24) is 20.4 Å². The highest BCUT2D eigenvalue weighted by atomic mass is 79.9. The third-order valence-corrected chi connectivity index (χ3v) is 5.08. The number of rotatable bonds is 6. The lowest BCUT2D eigenvalue weighted by Gasteiger charge is -2.25. The van der Waals surface area contributed by atoms with Crippen LogP contribution in [0, 0.1) is 0 Å². The maximum atomic E-state index is 12.5. The molecule has 160 valence electrons. The molecule has 0 aliphatic carbocycles. The first kappa shape index (κ1) is 23.3. The number of nitrogens with one attached hydrogen (secondary N) is 2. The monoisotopic (exact) mass is 466 g/mol. The Morgan fingerprint density at radius 1 is 1.03 bits per heavy atom. The van der Waals surface area contributed by atoms with Crippen LogP contribution in [-0.4, -0.2) is 72.3 Å². The molecule has 2 rings (SSSR count). The van der Waals surface area contributed by atoms with Gasteiger partial charge in [-0.15, -0.1) is 0 Å². The van der Waals surface area contributed by atoms with E-state index in [1.54, 1.807) is 12.1 Å². The van der Waals surface area contributed by atoms with Gasteiger partial charge in [0, 0.05) is 54.7 Å². The van der Waals surface area contributed by atoms with E-state index in [1.807, 2.05) is 37.8 Å². The molecule has 0 unspecified atom stereocenters. The molecule has 1 aliphatic heterocycles. The van der Waals surface area contributed by atoms with E-state index >= 15 is 0 Å². The van der Waals surface area contributed by atoms with Gasteiger partial charge in [-0.2, -0.15) is 0 Å². The van der Waals surface area contributed by atoms with Crippen LogP contribution in [0.5, 0.6) is 0 Å². The third-order valence-electron chi connectivity index (χ3n) is 4.55. The van der Waals surface area contributed by atoms with Gasteiger partial charge in [-0.1, -0.05) is 15.9 Å². The molecular formula is C21H31BrN4O3. The normalized spacial score (nSPS) is 15.5. The predicted molar refractivity (Wildman–Crippen MR) is 117 cm³/mol. The molecule has 2 N–H and O–H groups in total. The molecule has 1 aromatic carbocycles. The highest BCUT2D eigenvalue weighted by Crippen LogP contribution is 2.10. The second-order valence-corrected chi connectivity index (χ2v) is 9.24. The van der Waals surface area contributed by atoms with Crippen molar-refractivity contribution in [3.63, 3.8) is 0 Å². The summed E-state index contributed by atoms with van der Waals surface area (Å²) in [5.41, 5.74) is 0.325. The number of carbonyl (C=O) groups is 3. The Hall–Kier alpha value is -1.93. The number of benzene rings is 1. The molecular weight excluding hydrogens is 436 g/mol. The highest BCUT2D eigenvalue weighted by Gasteiger charge is 2.22. The molecule has 1 aliphatic rings. The van der Waals surface area contributed by atoms with Crippen molar-refractivity contribution in [1.29, 1.82) is 0 Å². The summed E-state index contributed by atoms with van der Waals surface area (Å²) in [4.78, 5) is 40.7. The molecule has 1 heterocycles. The molecule has 8 heteroatoms. The number of carbonyl (C=O) groups excluding carboxylic acids is 3. The lowest BCUT2D eigenvalue weighted by atomic mass is 10.1. The number of hydrogen-bond acceptors (Lipinski definition) is 4. The molecule has 1 fully saturated rings. The molecule has 0 saturated carbocycles. The van der Waals surface area contributed by atoms with Gasteiger partial charge in [0.15, 0.2) is 0 Å². The SMILES string of the molecule is CC(C)(C)NC(=O)CN1CCCN(C(=O)CCNC(=O)c2ccc(Br)cc2)CC1. The van der Waals surface area contributed by atoms with Crippen LogP contribution in [0.2, 0.25) is 0 Å². The zero-order chi connectivity index (χ0) is 21.4. The van der Waals surface area contributed by atoms with Gasteiger partial charge >= 0.3 is 0 Å². The second-order valence-electron chi connectivity index (χ2n) is 8.32. The van der Waals surface area contributed by atoms with Crippen molar-refractivity contribution in [2.75, 3.05) is 39.3 Å². The third kappa shape index (κ3) is 8.53. The van der Waals surface area contributed by atoms with Gasteiger partial charge in [0.2, 0.25) is 11.8 Å². The van der Waals surface area contributed by atoms with Crippen molar-refractivity contribution >= 4 is 33.7 Å². The summed E-state index contributed by atoms with van der Waals surface area (Å²) in [5, 5.41) is 5.77. The van der Waals surface area contributed by atoms with Crippen molar-refractivity contribution < 1.29 is 14.4 Å². The minimum atomic E-state index is -0.244. The van der Waals surface area contributed by atoms with Gasteiger partial charge in [-0.05, 0) is 51.5 Å². The van der Waals surface area contributed by atoms with Gasteiger partial charge in [-0.3, -0.25) is 19.3 Å². The quantitative estimate of drug-likeness (QED) is 0.671. The minimum absolute atomic E-state index is 0.00734. The fourth-order valence-corrected chi connectivity index (χ4v) is 3.45. The van der Waals surface area contributed by atoms with Crippen molar-refractivity contribution in [3.05, 3.63) is 34.3 Å². The Morgan fingerprint density at radius 3 is 2.38 bits per heavy atom. The number of hydrogen-bond donors (Lipinski definition) is 2. The summed E-state index contributed by atoms with van der Waals surface area (Å²) in [5.74, 6) is -0.146. The van der Waals surface area contributed by atoms with E-state index in [1.165, 1.54) is 0 Å². The van der Waals surface area contributed by atoms with E-state index in [0.717, 1.165) is 17.4 Å². The molecule has 0 spiro atoms. The molecule has 0 aromatic heterocycles. The van der Waals surface area contributed by atoms with Gasteiger partial charge in [-0.25, -0.2) is 0 Å². The molecule has 3 amide bonds. The summed E-state index contributed by atoms with van der Waals surface area (Å²) in [7, 11) is 0. The fraction of sp³-hybridized carbons (Fsp3) is 0.571. The van der Waals surface area contributed by atoms with E-state index in [4.69, 9.17) is 0 Å². The Bertz CT molecular complexity index is 716. The van der Waals surface area contributed by atoms with Gasteiger partial charge < -0.3 is 15.5 Å². The second kappa shape index (κ2) is 10.7. The maximum Gasteiger partial charge on any atom is 0.251 e. The van der Waals surface area contributed by atoms with E-state index in [0.29, 0.717) is 38.3 Å². The zero-order valence-corrected chi connectivity index (χ0v) is 19.0. The van der Waals surface area contributed by atoms with Crippen LogP contribution in [0.25, 0.3) is 0 Å². The van der Waals surface area contributed by atoms with Gasteiger partial charge in [0.1, 0.15) is 0 Å². The average molecular weight is 467 g/mol. The zero-order valence-electron chi connectivity index (χ0n) is 17.5. The lowest BCUT2D eigenvalue weighted by Crippen LogP contribution is -2.46. The Kier molecular flexibility index (Phi) is 8.64. The van der Waals surface area contributed by atoms with E-state index in [2.05, 4.69) is 31.5 Å². The van der Waals surface area contributed by atoms with Crippen LogP contribution < -0.4 is 10.6 Å². The van der Waals surface area contributed by atoms with Crippen LogP contribution in [0.3, 0.4) is 0 Å². The van der Waals surface area contributed by atoms with Gasteiger partial charge in [0.05, 0.1) is 6.54 Å². The first-order valence-electron chi connectivity index (χ1n) is 9.99. The predicted octanol–water partition coefficient (Wildman–Crippen LogP) is 2.02. The molecule has 0 atom stereocenters. The maximum absolute atomic E-state index is 12.5. The molecule has 29 heavy (non-hydrogen) atoms. The van der Waals surface area contributed by atoms with Crippen LogP contribution in [0.1, 0.15) is 44.0 Å². The fourth-order valence-electron chi connectivity index (χ4n) is 3.18. The molecule has 0 bridgehead atoms. The largest absolute Gasteiger partial charge is 0.352 e. The summed E-state index contributed by atoms with van der Waals surface area (Å²) in [6.07, 6.45) is 1.10. The molecule has 1 saturated heterocycles. The summed E-state index contributed by atoms with van der Waals surface area (Å²) >= 11 is 3.34. The van der Waals surface area contributed by atoms with Crippen LogP contribution in [0.15, 0.2) is 28.7 Å². The standard InChI is InChI=1S/C21H31BrN4O3/c1-21(2,3)24-18(27)15-25-11-4-12-26(14-13-25)19(28)9-10-23-20(29)16-5-7-17(22)8-6-16/h5-8H,4,9-15H2,1-3H3,(H,23,29)(H,24,27). The lowest BCUT2D eigenvalue weighted by molar-refractivity contribution is -0.130. The Balaban J connectivity index is 1.72. The molecule has 7 nitrogen and oxygen atoms in total. The summed E-state index contributed by atoms with van der Waals surface area (Å²) < 4.78 is 0.912. The van der Waals surface area contributed by atoms with Gasteiger partial charge in [0.25, 0.3) is 5.91 Å². The van der Waals surface area contributed by atoms with Crippen LogP contribution in [0.4, 0.5) is 0 Å². The first-order valence-corrected chi connectivity index (χ1v) is 10.8. The van der Waals surface area contributed by atoms with E-state index in [-0.39, 0.29) is 29.7 Å². The highest BCUT2D eigenvalue weighted by molar-refractivity contribution is 9.10.